The van der Waals surface area contributed by atoms with Gasteiger partial charge in [-0.15, -0.1) is 11.3 Å². The Morgan fingerprint density at radius 2 is 2.10 bits per heavy atom. The highest BCUT2D eigenvalue weighted by molar-refractivity contribution is 9.11. The van der Waals surface area contributed by atoms with Crippen LogP contribution in [0.3, 0.4) is 0 Å². The van der Waals surface area contributed by atoms with Gasteiger partial charge in [-0.1, -0.05) is 0 Å². The molecule has 110 valence electrons. The molecule has 4 nitrogen and oxygen atoms in total. The van der Waals surface area contributed by atoms with Crippen LogP contribution in [0, 0.1) is 5.92 Å². The van der Waals surface area contributed by atoms with Crippen molar-refractivity contribution in [1.29, 1.82) is 0 Å². The van der Waals surface area contributed by atoms with E-state index in [0.29, 0.717) is 39.0 Å². The number of halogens is 1. The van der Waals surface area contributed by atoms with Crippen molar-refractivity contribution >= 4 is 39.1 Å². The molecule has 0 unspecified atom stereocenters. The van der Waals surface area contributed by atoms with Crippen LogP contribution in [0.1, 0.15) is 24.6 Å². The number of esters is 1. The van der Waals surface area contributed by atoms with Gasteiger partial charge in [-0.05, 0) is 47.8 Å². The molecule has 0 radical (unpaired) electrons. The molecule has 1 amide bonds. The van der Waals surface area contributed by atoms with Gasteiger partial charge in [0.1, 0.15) is 0 Å². The van der Waals surface area contributed by atoms with E-state index in [2.05, 4.69) is 15.9 Å². The molecule has 0 bridgehead atoms. The van der Waals surface area contributed by atoms with Crippen LogP contribution in [0.4, 0.5) is 0 Å². The highest BCUT2D eigenvalue weighted by Crippen LogP contribution is 2.24. The number of carbonyl (C=O) groups excluding carboxylic acids is 2. The zero-order chi connectivity index (χ0) is 14.5. The second-order valence-corrected chi connectivity index (χ2v) is 7.34. The molecular formula is C14H18BrNO3S. The first-order chi connectivity index (χ1) is 9.60. The van der Waals surface area contributed by atoms with Crippen molar-refractivity contribution in [2.24, 2.45) is 5.92 Å². The largest absolute Gasteiger partial charge is 0.466 e. The standard InChI is InChI=1S/C14H18BrNO3S/c1-2-19-14(18)10-5-7-16(8-6-10)13(17)9-11-3-4-12(15)20-11/h3-4,10H,2,5-9H2,1H3. The van der Waals surface area contributed by atoms with Crippen molar-refractivity contribution in [2.75, 3.05) is 19.7 Å². The Balaban J connectivity index is 1.81. The molecule has 1 aliphatic heterocycles. The summed E-state index contributed by atoms with van der Waals surface area (Å²) in [5.74, 6) is -0.0293. The van der Waals surface area contributed by atoms with Gasteiger partial charge in [-0.25, -0.2) is 0 Å². The maximum atomic E-state index is 12.2. The quantitative estimate of drug-likeness (QED) is 0.776. The average molecular weight is 360 g/mol. The normalized spacial score (nSPS) is 16.2. The van der Waals surface area contributed by atoms with Gasteiger partial charge in [0.2, 0.25) is 5.91 Å². The lowest BCUT2D eigenvalue weighted by Crippen LogP contribution is -2.41. The highest BCUT2D eigenvalue weighted by atomic mass is 79.9. The molecule has 0 aromatic carbocycles. The van der Waals surface area contributed by atoms with E-state index in [1.165, 1.54) is 0 Å². The predicted molar refractivity (Wildman–Crippen MR) is 81.7 cm³/mol. The highest BCUT2D eigenvalue weighted by Gasteiger charge is 2.28. The van der Waals surface area contributed by atoms with E-state index in [1.54, 1.807) is 11.3 Å². The summed E-state index contributed by atoms with van der Waals surface area (Å²) < 4.78 is 6.07. The molecule has 6 heteroatoms. The molecular weight excluding hydrogens is 342 g/mol. The number of piperidine rings is 1. The van der Waals surface area contributed by atoms with Gasteiger partial charge in [-0.3, -0.25) is 9.59 Å². The Bertz CT molecular complexity index is 481. The van der Waals surface area contributed by atoms with Gasteiger partial charge in [0, 0.05) is 18.0 Å². The smallest absolute Gasteiger partial charge is 0.309 e. The summed E-state index contributed by atoms with van der Waals surface area (Å²) in [6.07, 6.45) is 1.86. The van der Waals surface area contributed by atoms with Crippen LogP contribution in [-0.4, -0.2) is 36.5 Å². The molecule has 1 saturated heterocycles. The van der Waals surface area contributed by atoms with Crippen LogP contribution in [0.5, 0.6) is 0 Å². The zero-order valence-corrected chi connectivity index (χ0v) is 13.8. The third-order valence-corrected chi connectivity index (χ3v) is 5.05. The van der Waals surface area contributed by atoms with Crippen molar-refractivity contribution in [3.05, 3.63) is 20.8 Å². The number of amides is 1. The summed E-state index contributed by atoms with van der Waals surface area (Å²) in [4.78, 5) is 26.7. The molecule has 0 saturated carbocycles. The lowest BCUT2D eigenvalue weighted by Gasteiger charge is -2.30. The summed E-state index contributed by atoms with van der Waals surface area (Å²) >= 11 is 4.99. The fraction of sp³-hybridized carbons (Fsp3) is 0.571. The Morgan fingerprint density at radius 3 is 2.65 bits per heavy atom. The number of thiophene rings is 1. The summed E-state index contributed by atoms with van der Waals surface area (Å²) in [5.41, 5.74) is 0. The topological polar surface area (TPSA) is 46.6 Å². The monoisotopic (exact) mass is 359 g/mol. The van der Waals surface area contributed by atoms with E-state index in [-0.39, 0.29) is 17.8 Å². The Kier molecular flexibility index (Phi) is 5.60. The van der Waals surface area contributed by atoms with Crippen LogP contribution in [0.2, 0.25) is 0 Å². The molecule has 1 aromatic rings. The Labute approximate surface area is 131 Å². The molecule has 0 atom stereocenters. The predicted octanol–water partition coefficient (Wildman–Crippen LogP) is 2.85. The van der Waals surface area contributed by atoms with Gasteiger partial charge in [0.25, 0.3) is 0 Å². The number of hydrogen-bond donors (Lipinski definition) is 0. The number of rotatable bonds is 4. The number of likely N-dealkylation sites (tertiary alicyclic amines) is 1. The number of ether oxygens (including phenoxy) is 1. The van der Waals surface area contributed by atoms with Crippen molar-refractivity contribution in [2.45, 2.75) is 26.2 Å². The zero-order valence-electron chi connectivity index (χ0n) is 11.4. The molecule has 1 fully saturated rings. The van der Waals surface area contributed by atoms with Crippen LogP contribution in [0.25, 0.3) is 0 Å². The van der Waals surface area contributed by atoms with E-state index in [9.17, 15) is 9.59 Å². The maximum absolute atomic E-state index is 12.2. The summed E-state index contributed by atoms with van der Waals surface area (Å²) in [6.45, 7) is 3.53. The summed E-state index contributed by atoms with van der Waals surface area (Å²) in [6, 6.07) is 3.93. The molecule has 2 heterocycles. The number of nitrogens with zero attached hydrogens (tertiary/aromatic N) is 1. The molecule has 1 aliphatic rings. The first kappa shape index (κ1) is 15.5. The number of carbonyl (C=O) groups is 2. The first-order valence-corrected chi connectivity index (χ1v) is 8.39. The summed E-state index contributed by atoms with van der Waals surface area (Å²) in [7, 11) is 0. The van der Waals surface area contributed by atoms with Gasteiger partial charge in [-0.2, -0.15) is 0 Å². The summed E-state index contributed by atoms with van der Waals surface area (Å²) in [5, 5.41) is 0. The molecule has 20 heavy (non-hydrogen) atoms. The van der Waals surface area contributed by atoms with E-state index in [0.717, 1.165) is 8.66 Å². The van der Waals surface area contributed by atoms with Gasteiger partial charge < -0.3 is 9.64 Å². The maximum Gasteiger partial charge on any atom is 0.309 e. The third kappa shape index (κ3) is 4.06. The van der Waals surface area contributed by atoms with Crippen LogP contribution >= 0.6 is 27.3 Å². The van der Waals surface area contributed by atoms with E-state index < -0.39 is 0 Å². The van der Waals surface area contributed by atoms with Gasteiger partial charge in [0.05, 0.1) is 22.7 Å². The minimum Gasteiger partial charge on any atom is -0.466 e. The van der Waals surface area contributed by atoms with Crippen LogP contribution in [-0.2, 0) is 20.7 Å². The van der Waals surface area contributed by atoms with E-state index in [1.807, 2.05) is 24.0 Å². The first-order valence-electron chi connectivity index (χ1n) is 6.78. The molecule has 1 aromatic heterocycles. The second kappa shape index (κ2) is 7.22. The molecule has 0 N–H and O–H groups in total. The second-order valence-electron chi connectivity index (χ2n) is 4.79. The van der Waals surface area contributed by atoms with Gasteiger partial charge >= 0.3 is 5.97 Å². The minimum absolute atomic E-state index is 0.0464. The Morgan fingerprint density at radius 1 is 1.40 bits per heavy atom. The van der Waals surface area contributed by atoms with Crippen molar-refractivity contribution in [3.63, 3.8) is 0 Å². The van der Waals surface area contributed by atoms with E-state index >= 15 is 0 Å². The van der Waals surface area contributed by atoms with Crippen LogP contribution in [0.15, 0.2) is 15.9 Å². The van der Waals surface area contributed by atoms with Gasteiger partial charge in [0.15, 0.2) is 0 Å². The SMILES string of the molecule is CCOC(=O)C1CCN(C(=O)Cc2ccc(Br)s2)CC1. The lowest BCUT2D eigenvalue weighted by atomic mass is 9.97. The van der Waals surface area contributed by atoms with Crippen LogP contribution < -0.4 is 0 Å². The average Bonchev–Trinajstić information content (AvgIpc) is 2.84. The van der Waals surface area contributed by atoms with E-state index in [4.69, 9.17) is 4.74 Å². The molecule has 0 spiro atoms. The molecule has 2 rings (SSSR count). The lowest BCUT2D eigenvalue weighted by molar-refractivity contribution is -0.151. The minimum atomic E-state index is -0.123. The Hall–Kier alpha value is -0.880. The molecule has 0 aliphatic carbocycles. The fourth-order valence-electron chi connectivity index (χ4n) is 2.33. The van der Waals surface area contributed by atoms with Crippen molar-refractivity contribution < 1.29 is 14.3 Å². The third-order valence-electron chi connectivity index (χ3n) is 3.42. The number of hydrogen-bond acceptors (Lipinski definition) is 4. The van der Waals surface area contributed by atoms with Crippen molar-refractivity contribution in [3.8, 4) is 0 Å². The fourth-order valence-corrected chi connectivity index (χ4v) is 3.81. The van der Waals surface area contributed by atoms with Crippen molar-refractivity contribution in [1.82, 2.24) is 4.90 Å².